The quantitative estimate of drug-likeness (QED) is 0.171. The Kier molecular flexibility index (Phi) is 8.81. The van der Waals surface area contributed by atoms with E-state index in [1.807, 2.05) is 0 Å². The van der Waals surface area contributed by atoms with Crippen LogP contribution in [0.15, 0.2) is 23.2 Å². The summed E-state index contributed by atoms with van der Waals surface area (Å²) in [7, 11) is 0. The van der Waals surface area contributed by atoms with Crippen LogP contribution in [0.4, 0.5) is 9.93 Å². The second kappa shape index (κ2) is 11.6. The number of thiazole rings is 1. The zero-order chi connectivity index (χ0) is 29.9. The summed E-state index contributed by atoms with van der Waals surface area (Å²) in [6.07, 6.45) is 2.10. The van der Waals surface area contributed by atoms with Gasteiger partial charge >= 0.3 is 12.1 Å². The number of hydrogen-bond acceptors (Lipinski definition) is 12. The van der Waals surface area contributed by atoms with Crippen LogP contribution in [0.1, 0.15) is 61.1 Å². The average molecular weight is 579 g/mol. The summed E-state index contributed by atoms with van der Waals surface area (Å²) in [5.74, 6) is -1.91. The van der Waals surface area contributed by atoms with E-state index in [-0.39, 0.29) is 23.1 Å². The summed E-state index contributed by atoms with van der Waals surface area (Å²) in [6.45, 7) is 13.4. The van der Waals surface area contributed by atoms with Crippen LogP contribution >= 0.6 is 11.3 Å². The number of β-lactam (4-membered cyclic amide) rings is 1. The van der Waals surface area contributed by atoms with Gasteiger partial charge in [0.05, 0.1) is 12.6 Å². The highest BCUT2D eigenvalue weighted by atomic mass is 32.1. The van der Waals surface area contributed by atoms with Gasteiger partial charge in [0.25, 0.3) is 5.91 Å². The molecule has 0 spiro atoms. The Morgan fingerprint density at radius 2 is 1.77 bits per heavy atom. The fourth-order valence-corrected chi connectivity index (χ4v) is 3.81. The van der Waals surface area contributed by atoms with Crippen molar-refractivity contribution in [2.45, 2.75) is 90.8 Å². The number of ether oxygens (including phenoxy) is 2. The first-order valence-corrected chi connectivity index (χ1v) is 13.2. The lowest BCUT2D eigenvalue weighted by atomic mass is 9.98. The minimum Gasteiger partial charge on any atom is -0.457 e. The summed E-state index contributed by atoms with van der Waals surface area (Å²) in [4.78, 5) is 64.1. The van der Waals surface area contributed by atoms with Crippen molar-refractivity contribution in [2.75, 3.05) is 5.32 Å². The molecule has 0 unspecified atom stereocenters. The number of nitrogens with one attached hydrogen (secondary N) is 3. The van der Waals surface area contributed by atoms with Crippen LogP contribution in [0.25, 0.3) is 0 Å². The van der Waals surface area contributed by atoms with Crippen LogP contribution in [0.3, 0.4) is 0 Å². The van der Waals surface area contributed by atoms with Crippen LogP contribution in [-0.4, -0.2) is 78.2 Å². The lowest BCUT2D eigenvalue weighted by Crippen LogP contribution is -2.70. The van der Waals surface area contributed by atoms with Crippen molar-refractivity contribution in [3.05, 3.63) is 23.7 Å². The fraction of sp³-hybridized carbons (Fsp3) is 0.583. The molecule has 3 rings (SSSR count). The molecule has 0 saturated carbocycles. The second-order valence-corrected chi connectivity index (χ2v) is 12.3. The monoisotopic (exact) mass is 578 g/mol. The second-order valence-electron chi connectivity index (χ2n) is 11.4. The zero-order valence-electron chi connectivity index (χ0n) is 23.6. The predicted molar refractivity (Wildman–Crippen MR) is 143 cm³/mol. The van der Waals surface area contributed by atoms with E-state index in [4.69, 9.17) is 14.3 Å². The minimum atomic E-state index is -1.57. The zero-order valence-corrected chi connectivity index (χ0v) is 24.4. The highest BCUT2D eigenvalue weighted by Crippen LogP contribution is 2.21. The van der Waals surface area contributed by atoms with Gasteiger partial charge in [0.2, 0.25) is 11.5 Å². The number of esters is 1. The van der Waals surface area contributed by atoms with Gasteiger partial charge in [-0.15, -0.1) is 11.3 Å². The first kappa shape index (κ1) is 30.5. The molecule has 3 N–H and O–H groups in total. The molecule has 2 atom stereocenters. The summed E-state index contributed by atoms with van der Waals surface area (Å²) in [6, 6.07) is -1.36. The van der Waals surface area contributed by atoms with Gasteiger partial charge in [-0.2, -0.15) is 5.10 Å². The van der Waals surface area contributed by atoms with Gasteiger partial charge in [0.1, 0.15) is 35.6 Å². The maximum atomic E-state index is 13.4. The van der Waals surface area contributed by atoms with E-state index in [2.05, 4.69) is 36.2 Å². The molecule has 2 aromatic rings. The molecule has 0 bridgehead atoms. The number of carbonyl (C=O) groups excluding carboxylic acids is 4. The third-order valence-electron chi connectivity index (χ3n) is 4.97. The van der Waals surface area contributed by atoms with Crippen LogP contribution in [-0.2, 0) is 35.2 Å². The molecular weight excluding hydrogens is 544 g/mol. The molecule has 218 valence electrons. The Bertz CT molecular complexity index is 1270. The number of anilines is 1. The maximum Gasteiger partial charge on any atom is 0.413 e. The van der Waals surface area contributed by atoms with Crippen molar-refractivity contribution in [3.63, 3.8) is 0 Å². The minimum absolute atomic E-state index is 0.0288. The van der Waals surface area contributed by atoms with Crippen LogP contribution in [0.5, 0.6) is 0 Å². The van der Waals surface area contributed by atoms with Gasteiger partial charge in [0.15, 0.2) is 10.8 Å². The third-order valence-corrected chi connectivity index (χ3v) is 5.73. The number of amides is 3. The number of hydrogen-bond donors (Lipinski definition) is 3. The summed E-state index contributed by atoms with van der Waals surface area (Å²) in [5, 5.41) is 17.4. The van der Waals surface area contributed by atoms with E-state index in [1.54, 1.807) is 41.5 Å². The van der Waals surface area contributed by atoms with Crippen LogP contribution in [0, 0.1) is 0 Å². The summed E-state index contributed by atoms with van der Waals surface area (Å²) < 4.78 is 12.1. The molecule has 2 aromatic heterocycles. The number of nitrogens with zero attached hydrogens (tertiary/aromatic N) is 5. The van der Waals surface area contributed by atoms with Crippen molar-refractivity contribution in [3.8, 4) is 0 Å². The van der Waals surface area contributed by atoms with Gasteiger partial charge in [0, 0.05) is 5.38 Å². The number of carbonyl (C=O) groups is 4. The largest absolute Gasteiger partial charge is 0.457 e. The predicted octanol–water partition coefficient (Wildman–Crippen LogP) is 1.61. The van der Waals surface area contributed by atoms with Crippen LogP contribution < -0.4 is 16.0 Å². The molecular formula is C24H34N8O7S. The molecule has 3 heterocycles. The van der Waals surface area contributed by atoms with Crippen LogP contribution in [0.2, 0.25) is 0 Å². The van der Waals surface area contributed by atoms with Gasteiger partial charge in [-0.25, -0.2) is 19.6 Å². The molecule has 40 heavy (non-hydrogen) atoms. The van der Waals surface area contributed by atoms with E-state index < -0.39 is 52.8 Å². The Morgan fingerprint density at radius 1 is 1.10 bits per heavy atom. The summed E-state index contributed by atoms with van der Waals surface area (Å²) >= 11 is 1.01. The van der Waals surface area contributed by atoms with E-state index in [1.165, 1.54) is 36.6 Å². The third kappa shape index (κ3) is 8.46. The van der Waals surface area contributed by atoms with E-state index in [9.17, 15) is 19.2 Å². The highest BCUT2D eigenvalue weighted by Gasteiger charge is 2.42. The molecule has 1 aliphatic rings. The Balaban J connectivity index is 1.83. The molecule has 3 amide bonds. The van der Waals surface area contributed by atoms with Gasteiger partial charge in [-0.1, -0.05) is 5.16 Å². The van der Waals surface area contributed by atoms with E-state index in [0.29, 0.717) is 0 Å². The number of oxime groups is 1. The molecule has 16 heteroatoms. The van der Waals surface area contributed by atoms with E-state index >= 15 is 0 Å². The maximum absolute atomic E-state index is 13.4. The standard InChI is InChI=1S/C24H34N8O7S/c1-22(2,3)37-19(35)24(7,8)39-31-16(14-10-40-20(28-14)30-21(36)38-23(4,5)6)18(34)29-15-13(27-17(15)33)9-32-12-25-11-26-32/h10-13,15H,9H2,1-8H3,(H,27,33)(H,29,34)(H,28,30,36)/b31-16+/t13-,15+/m1/s1. The van der Waals surface area contributed by atoms with Gasteiger partial charge in [-0.05, 0) is 55.4 Å². The van der Waals surface area contributed by atoms with Crippen molar-refractivity contribution >= 4 is 46.1 Å². The van der Waals surface area contributed by atoms with Gasteiger partial charge < -0.3 is 24.9 Å². The average Bonchev–Trinajstić information content (AvgIpc) is 3.47. The highest BCUT2D eigenvalue weighted by molar-refractivity contribution is 7.14. The normalized spacial score (nSPS) is 17.8. The molecule has 0 radical (unpaired) electrons. The lowest BCUT2D eigenvalue weighted by Gasteiger charge is -2.36. The number of aromatic nitrogens is 4. The molecule has 0 aromatic carbocycles. The van der Waals surface area contributed by atoms with Crippen molar-refractivity contribution in [1.29, 1.82) is 0 Å². The molecule has 0 aliphatic carbocycles. The summed E-state index contributed by atoms with van der Waals surface area (Å²) in [5.41, 5.74) is -3.39. The van der Waals surface area contributed by atoms with Crippen molar-refractivity contribution in [1.82, 2.24) is 30.4 Å². The lowest BCUT2D eigenvalue weighted by molar-refractivity contribution is -0.179. The molecule has 1 saturated heterocycles. The first-order valence-electron chi connectivity index (χ1n) is 12.3. The smallest absolute Gasteiger partial charge is 0.413 e. The molecule has 1 fully saturated rings. The number of rotatable bonds is 9. The Labute approximate surface area is 235 Å². The Hall–Kier alpha value is -4.08. The van der Waals surface area contributed by atoms with Crippen molar-refractivity contribution in [2.24, 2.45) is 5.16 Å². The Morgan fingerprint density at radius 3 is 2.35 bits per heavy atom. The topological polar surface area (TPSA) is 188 Å². The SMILES string of the molecule is CC(C)(C)OC(=O)Nc1nc(/C(=N\OC(C)(C)C(=O)OC(C)(C)C)C(=O)N[C@@H]2C(=O)N[C@@H]2Cn2cncn2)cs1. The van der Waals surface area contributed by atoms with Crippen molar-refractivity contribution < 1.29 is 33.5 Å². The van der Waals surface area contributed by atoms with E-state index in [0.717, 1.165) is 11.3 Å². The molecule has 15 nitrogen and oxygen atoms in total. The first-order chi connectivity index (χ1) is 18.4. The fourth-order valence-electron chi connectivity index (χ4n) is 3.13. The van der Waals surface area contributed by atoms with Gasteiger partial charge in [-0.3, -0.25) is 19.6 Å². The molecule has 1 aliphatic heterocycles.